The molecular weight excluding hydrogens is 442 g/mol. The third-order valence-corrected chi connectivity index (χ3v) is 8.79. The van der Waals surface area contributed by atoms with Gasteiger partial charge in [0, 0.05) is 18.7 Å². The van der Waals surface area contributed by atoms with E-state index in [4.69, 9.17) is 6.42 Å². The molecule has 166 valence electrons. The number of terminal acetylenes is 1. The lowest BCUT2D eigenvalue weighted by Gasteiger charge is -2.29. The van der Waals surface area contributed by atoms with Crippen molar-refractivity contribution in [2.45, 2.75) is 38.1 Å². The summed E-state index contributed by atoms with van der Waals surface area (Å²) >= 11 is 1.40. The van der Waals surface area contributed by atoms with Crippen LogP contribution in [0.3, 0.4) is 0 Å². The third kappa shape index (κ3) is 4.29. The molecule has 0 N–H and O–H groups in total. The zero-order chi connectivity index (χ0) is 22.9. The van der Waals surface area contributed by atoms with Crippen LogP contribution in [-0.4, -0.2) is 36.3 Å². The highest BCUT2D eigenvalue weighted by Gasteiger charge is 2.28. The largest absolute Gasteiger partial charge is 0.304 e. The van der Waals surface area contributed by atoms with Gasteiger partial charge in [0.25, 0.3) is 5.91 Å². The predicted molar refractivity (Wildman–Crippen MR) is 127 cm³/mol. The van der Waals surface area contributed by atoms with Crippen LogP contribution < -0.4 is 4.80 Å². The van der Waals surface area contributed by atoms with Crippen LogP contribution in [0.15, 0.2) is 52.4 Å². The highest BCUT2D eigenvalue weighted by Crippen LogP contribution is 2.24. The van der Waals surface area contributed by atoms with Gasteiger partial charge in [0.1, 0.15) is 0 Å². The highest BCUT2D eigenvalue weighted by molar-refractivity contribution is 7.89. The maximum atomic E-state index is 12.9. The van der Waals surface area contributed by atoms with Crippen molar-refractivity contribution < 1.29 is 13.2 Å². The fourth-order valence-corrected chi connectivity index (χ4v) is 6.50. The molecule has 4 rings (SSSR count). The molecule has 1 aliphatic heterocycles. The van der Waals surface area contributed by atoms with Crippen LogP contribution in [0.1, 0.15) is 35.7 Å². The standard InChI is InChI=1S/C24H25N3O3S2/c1-4-14-27-22-18(3)6-5-7-21(22)31-24(27)25-23(28)19-8-10-20(11-9-19)32(29,30)26-15-12-17(2)13-16-26/h1,5-11,17H,12-16H2,2-3H3. The van der Waals surface area contributed by atoms with Crippen LogP contribution >= 0.6 is 11.3 Å². The van der Waals surface area contributed by atoms with E-state index in [0.29, 0.717) is 35.9 Å². The van der Waals surface area contributed by atoms with Crippen LogP contribution in [0.5, 0.6) is 0 Å². The van der Waals surface area contributed by atoms with E-state index in [1.165, 1.54) is 39.9 Å². The summed E-state index contributed by atoms with van der Waals surface area (Å²) in [7, 11) is -3.56. The minimum Gasteiger partial charge on any atom is -0.304 e. The maximum Gasteiger partial charge on any atom is 0.279 e. The average Bonchev–Trinajstić information content (AvgIpc) is 3.12. The van der Waals surface area contributed by atoms with Crippen LogP contribution in [0, 0.1) is 25.2 Å². The summed E-state index contributed by atoms with van der Waals surface area (Å²) in [6, 6.07) is 12.0. The monoisotopic (exact) mass is 467 g/mol. The number of fused-ring (bicyclic) bond motifs is 1. The van der Waals surface area contributed by atoms with Gasteiger partial charge in [-0.1, -0.05) is 36.3 Å². The number of hydrogen-bond donors (Lipinski definition) is 0. The Bertz CT molecular complexity index is 1370. The number of para-hydroxylation sites is 1. The van der Waals surface area contributed by atoms with Crippen molar-refractivity contribution in [2.75, 3.05) is 13.1 Å². The molecule has 3 aromatic rings. The third-order valence-electron chi connectivity index (χ3n) is 5.83. The summed E-state index contributed by atoms with van der Waals surface area (Å²) in [4.78, 5) is 17.9. The topological polar surface area (TPSA) is 71.7 Å². The van der Waals surface area contributed by atoms with Gasteiger partial charge in [-0.05, 0) is 61.6 Å². The number of amides is 1. The number of rotatable bonds is 4. The summed E-state index contributed by atoms with van der Waals surface area (Å²) in [6.07, 6.45) is 7.27. The number of benzene rings is 2. The van der Waals surface area contributed by atoms with Crippen molar-refractivity contribution in [3.8, 4) is 12.3 Å². The zero-order valence-corrected chi connectivity index (χ0v) is 19.7. The maximum absolute atomic E-state index is 12.9. The molecule has 0 unspecified atom stereocenters. The molecule has 6 nitrogen and oxygen atoms in total. The van der Waals surface area contributed by atoms with E-state index in [2.05, 4.69) is 17.8 Å². The molecule has 0 bridgehead atoms. The summed E-state index contributed by atoms with van der Waals surface area (Å²) in [5.74, 6) is 2.73. The number of sulfonamides is 1. The molecular formula is C24H25N3O3S2. The first-order valence-electron chi connectivity index (χ1n) is 10.5. The second-order valence-electron chi connectivity index (χ2n) is 8.12. The molecule has 0 saturated carbocycles. The lowest BCUT2D eigenvalue weighted by Crippen LogP contribution is -2.37. The van der Waals surface area contributed by atoms with E-state index < -0.39 is 15.9 Å². The van der Waals surface area contributed by atoms with Gasteiger partial charge in [-0.3, -0.25) is 4.79 Å². The van der Waals surface area contributed by atoms with Gasteiger partial charge >= 0.3 is 0 Å². The highest BCUT2D eigenvalue weighted by atomic mass is 32.2. The Morgan fingerprint density at radius 3 is 2.53 bits per heavy atom. The molecule has 2 heterocycles. The van der Waals surface area contributed by atoms with E-state index in [0.717, 1.165) is 28.6 Å². The van der Waals surface area contributed by atoms with Crippen molar-refractivity contribution in [3.63, 3.8) is 0 Å². The quantitative estimate of drug-likeness (QED) is 0.548. The first-order chi connectivity index (χ1) is 15.3. The number of carbonyl (C=O) groups excluding carboxylic acids is 1. The van der Waals surface area contributed by atoms with Crippen molar-refractivity contribution in [2.24, 2.45) is 10.9 Å². The molecule has 0 atom stereocenters. The van der Waals surface area contributed by atoms with Gasteiger partial charge in [-0.2, -0.15) is 9.30 Å². The predicted octanol–water partition coefficient (Wildman–Crippen LogP) is 3.81. The number of nitrogens with zero attached hydrogens (tertiary/aromatic N) is 3. The summed E-state index contributed by atoms with van der Waals surface area (Å²) in [6.45, 7) is 5.50. The number of aryl methyl sites for hydroxylation is 1. The molecule has 0 aliphatic carbocycles. The van der Waals surface area contributed by atoms with Crippen LogP contribution in [0.4, 0.5) is 0 Å². The Hall–Kier alpha value is -2.73. The fourth-order valence-electron chi connectivity index (χ4n) is 3.93. The number of aromatic nitrogens is 1. The molecule has 1 saturated heterocycles. The summed E-state index contributed by atoms with van der Waals surface area (Å²) < 4.78 is 30.2. The van der Waals surface area contributed by atoms with Crippen molar-refractivity contribution in [1.82, 2.24) is 8.87 Å². The minimum atomic E-state index is -3.56. The summed E-state index contributed by atoms with van der Waals surface area (Å²) in [5, 5.41) is 0. The van der Waals surface area contributed by atoms with Crippen molar-refractivity contribution in [1.29, 1.82) is 0 Å². The Kier molecular flexibility index (Phi) is 6.33. The number of hydrogen-bond acceptors (Lipinski definition) is 4. The van der Waals surface area contributed by atoms with Gasteiger partial charge in [0.05, 0.1) is 21.7 Å². The van der Waals surface area contributed by atoms with Crippen LogP contribution in [0.25, 0.3) is 10.2 Å². The van der Waals surface area contributed by atoms with Gasteiger partial charge in [-0.15, -0.1) is 6.42 Å². The number of thiazole rings is 1. The van der Waals surface area contributed by atoms with E-state index in [-0.39, 0.29) is 4.90 Å². The molecule has 1 aromatic heterocycles. The number of carbonyl (C=O) groups is 1. The van der Waals surface area contributed by atoms with Gasteiger partial charge < -0.3 is 4.57 Å². The van der Waals surface area contributed by atoms with Crippen LogP contribution in [0.2, 0.25) is 0 Å². The Morgan fingerprint density at radius 2 is 1.88 bits per heavy atom. The van der Waals surface area contributed by atoms with E-state index >= 15 is 0 Å². The Balaban J connectivity index is 1.64. The Morgan fingerprint density at radius 1 is 1.19 bits per heavy atom. The van der Waals surface area contributed by atoms with E-state index in [9.17, 15) is 13.2 Å². The normalized spacial score (nSPS) is 16.3. The molecule has 1 fully saturated rings. The van der Waals surface area contributed by atoms with Crippen molar-refractivity contribution in [3.05, 3.63) is 58.4 Å². The fraction of sp³-hybridized carbons (Fsp3) is 0.333. The average molecular weight is 468 g/mol. The van der Waals surface area contributed by atoms with Crippen molar-refractivity contribution >= 4 is 37.5 Å². The molecule has 8 heteroatoms. The smallest absolute Gasteiger partial charge is 0.279 e. The Labute approximate surface area is 192 Å². The SMILES string of the molecule is C#CCn1c(=NC(=O)c2ccc(S(=O)(=O)N3CCC(C)CC3)cc2)sc2cccc(C)c21. The van der Waals surface area contributed by atoms with Crippen LogP contribution in [-0.2, 0) is 16.6 Å². The summed E-state index contributed by atoms with van der Waals surface area (Å²) in [5.41, 5.74) is 2.36. The van der Waals surface area contributed by atoms with Gasteiger partial charge in [0.2, 0.25) is 10.0 Å². The first-order valence-corrected chi connectivity index (χ1v) is 12.8. The van der Waals surface area contributed by atoms with Gasteiger partial charge in [0.15, 0.2) is 4.80 Å². The molecule has 32 heavy (non-hydrogen) atoms. The lowest BCUT2D eigenvalue weighted by molar-refractivity contribution is 0.0997. The second kappa shape index (κ2) is 9.02. The molecule has 0 spiro atoms. The first kappa shape index (κ1) is 22.5. The van der Waals surface area contributed by atoms with E-state index in [1.54, 1.807) is 0 Å². The zero-order valence-electron chi connectivity index (χ0n) is 18.1. The molecule has 1 aliphatic rings. The lowest BCUT2D eigenvalue weighted by atomic mass is 10.0. The van der Waals surface area contributed by atoms with E-state index in [1.807, 2.05) is 29.7 Å². The number of piperidine rings is 1. The molecule has 1 amide bonds. The second-order valence-corrected chi connectivity index (χ2v) is 11.1. The molecule has 2 aromatic carbocycles. The molecule has 0 radical (unpaired) electrons. The van der Waals surface area contributed by atoms with Gasteiger partial charge in [-0.25, -0.2) is 8.42 Å². The minimum absolute atomic E-state index is 0.198.